The van der Waals surface area contributed by atoms with Crippen LogP contribution in [0.1, 0.15) is 24.4 Å². The number of likely N-dealkylation sites (N-methyl/N-ethyl adjacent to an activating group) is 1. The van der Waals surface area contributed by atoms with Crippen LogP contribution < -0.4 is 0 Å². The van der Waals surface area contributed by atoms with Crippen LogP contribution in [0.15, 0.2) is 65.6 Å². The van der Waals surface area contributed by atoms with Crippen LogP contribution >= 0.6 is 0 Å². The molecular weight excluding hydrogens is 430 g/mol. The molecule has 0 bridgehead atoms. The summed E-state index contributed by atoms with van der Waals surface area (Å²) in [4.78, 5) is 28.8. The summed E-state index contributed by atoms with van der Waals surface area (Å²) < 4.78 is 31.8. The van der Waals surface area contributed by atoms with Crippen LogP contribution in [0.25, 0.3) is 0 Å². The van der Waals surface area contributed by atoms with Crippen LogP contribution in [0, 0.1) is 0 Å². The van der Waals surface area contributed by atoms with E-state index in [-0.39, 0.29) is 35.5 Å². The number of hydrogen-bond acceptors (Lipinski definition) is 5. The van der Waals surface area contributed by atoms with Crippen molar-refractivity contribution < 1.29 is 22.7 Å². The number of rotatable bonds is 6. The second-order valence-electron chi connectivity index (χ2n) is 8.10. The van der Waals surface area contributed by atoms with Gasteiger partial charge in [-0.15, -0.1) is 0 Å². The first-order chi connectivity index (χ1) is 15.4. The summed E-state index contributed by atoms with van der Waals surface area (Å²) in [6, 6.07) is 17.7. The van der Waals surface area contributed by atoms with E-state index in [4.69, 9.17) is 4.74 Å². The lowest BCUT2D eigenvalue weighted by Crippen LogP contribution is -2.50. The molecule has 170 valence electrons. The maximum atomic E-state index is 12.8. The van der Waals surface area contributed by atoms with Crippen molar-refractivity contribution in [3.8, 4) is 0 Å². The Morgan fingerprint density at radius 1 is 1.03 bits per heavy atom. The fourth-order valence-corrected chi connectivity index (χ4v) is 5.45. The Balaban J connectivity index is 1.36. The Labute approximate surface area is 188 Å². The third kappa shape index (κ3) is 4.49. The number of amides is 2. The highest BCUT2D eigenvalue weighted by atomic mass is 32.2. The quantitative estimate of drug-likeness (QED) is 0.665. The molecule has 2 aromatic rings. The summed E-state index contributed by atoms with van der Waals surface area (Å²) in [5.41, 5.74) is 1.03. The predicted molar refractivity (Wildman–Crippen MR) is 118 cm³/mol. The number of cyclic esters (lactones) is 1. The number of nitrogens with zero attached hydrogens (tertiary/aromatic N) is 3. The molecule has 2 saturated heterocycles. The summed E-state index contributed by atoms with van der Waals surface area (Å²) in [5.74, 6) is -0.242. The van der Waals surface area contributed by atoms with Gasteiger partial charge in [0.05, 0.1) is 17.5 Å². The lowest BCUT2D eigenvalue weighted by molar-refractivity contribution is -0.132. The van der Waals surface area contributed by atoms with E-state index in [1.165, 1.54) is 19.2 Å². The van der Waals surface area contributed by atoms with Crippen molar-refractivity contribution in [3.63, 3.8) is 0 Å². The maximum Gasteiger partial charge on any atom is 0.410 e. The number of ether oxygens (including phenoxy) is 1. The van der Waals surface area contributed by atoms with Gasteiger partial charge in [0.1, 0.15) is 6.61 Å². The molecule has 2 aliphatic heterocycles. The molecule has 0 spiro atoms. The number of piperidine rings is 1. The van der Waals surface area contributed by atoms with Crippen molar-refractivity contribution in [1.82, 2.24) is 14.1 Å². The Morgan fingerprint density at radius 2 is 1.62 bits per heavy atom. The molecule has 8 nitrogen and oxygen atoms in total. The van der Waals surface area contributed by atoms with E-state index in [2.05, 4.69) is 0 Å². The maximum absolute atomic E-state index is 12.8. The standard InChI is InChI=1S/C23H27N3O5S/c1-24(32(29,30)20-10-6-3-7-11-20)16-22(27)25-14-12-19(13-15-25)26-21(17-31-23(26)28)18-8-4-2-5-9-18/h2-11,19,21H,12-17H2,1H3/t21-/m0/s1. The van der Waals surface area contributed by atoms with Gasteiger partial charge in [0.15, 0.2) is 0 Å². The summed E-state index contributed by atoms with van der Waals surface area (Å²) in [6.45, 7) is 1.03. The van der Waals surface area contributed by atoms with Crippen molar-refractivity contribution in [2.75, 3.05) is 33.3 Å². The topological polar surface area (TPSA) is 87.2 Å². The molecule has 0 saturated carbocycles. The zero-order valence-electron chi connectivity index (χ0n) is 18.0. The van der Waals surface area contributed by atoms with Gasteiger partial charge < -0.3 is 9.64 Å². The normalized spacial score (nSPS) is 19.9. The first-order valence-electron chi connectivity index (χ1n) is 10.7. The molecule has 0 aromatic heterocycles. The highest BCUT2D eigenvalue weighted by Gasteiger charge is 2.40. The van der Waals surface area contributed by atoms with Crippen molar-refractivity contribution in [3.05, 3.63) is 66.2 Å². The summed E-state index contributed by atoms with van der Waals surface area (Å²) in [6.07, 6.45) is 0.927. The lowest BCUT2D eigenvalue weighted by atomic mass is 9.99. The molecule has 1 atom stereocenters. The molecule has 0 unspecified atom stereocenters. The molecule has 0 N–H and O–H groups in total. The van der Waals surface area contributed by atoms with Crippen molar-refractivity contribution in [1.29, 1.82) is 0 Å². The number of sulfonamides is 1. The Kier molecular flexibility index (Phi) is 6.48. The summed E-state index contributed by atoms with van der Waals surface area (Å²) in [7, 11) is -2.31. The molecule has 2 heterocycles. The van der Waals surface area contributed by atoms with Gasteiger partial charge in [-0.1, -0.05) is 48.5 Å². The Morgan fingerprint density at radius 3 is 2.25 bits per heavy atom. The first kappa shape index (κ1) is 22.3. The second kappa shape index (κ2) is 9.30. The predicted octanol–water partition coefficient (Wildman–Crippen LogP) is 2.49. The first-order valence-corrected chi connectivity index (χ1v) is 12.1. The third-order valence-electron chi connectivity index (χ3n) is 6.12. The van der Waals surface area contributed by atoms with Gasteiger partial charge in [-0.2, -0.15) is 4.31 Å². The smallest absolute Gasteiger partial charge is 0.410 e. The molecule has 2 aliphatic rings. The van der Waals surface area contributed by atoms with Crippen LogP contribution in [-0.4, -0.2) is 73.9 Å². The van der Waals surface area contributed by atoms with Crippen LogP contribution in [0.2, 0.25) is 0 Å². The van der Waals surface area contributed by atoms with E-state index in [0.29, 0.717) is 32.5 Å². The van der Waals surface area contributed by atoms with Gasteiger partial charge in [0.25, 0.3) is 0 Å². The minimum Gasteiger partial charge on any atom is -0.447 e. The van der Waals surface area contributed by atoms with E-state index in [1.54, 1.807) is 28.0 Å². The average Bonchev–Trinajstić information content (AvgIpc) is 3.21. The van der Waals surface area contributed by atoms with E-state index < -0.39 is 10.0 Å². The zero-order chi connectivity index (χ0) is 22.7. The number of carbonyl (C=O) groups is 2. The van der Waals surface area contributed by atoms with Gasteiger partial charge in [0.2, 0.25) is 15.9 Å². The number of carbonyl (C=O) groups excluding carboxylic acids is 2. The van der Waals surface area contributed by atoms with Crippen LogP contribution in [0.4, 0.5) is 4.79 Å². The molecule has 32 heavy (non-hydrogen) atoms. The second-order valence-corrected chi connectivity index (χ2v) is 10.1. The summed E-state index contributed by atoms with van der Waals surface area (Å²) in [5, 5.41) is 0. The third-order valence-corrected chi connectivity index (χ3v) is 7.93. The van der Waals surface area contributed by atoms with Gasteiger partial charge in [0, 0.05) is 26.2 Å². The van der Waals surface area contributed by atoms with Crippen molar-refractivity contribution in [2.24, 2.45) is 0 Å². The highest BCUT2D eigenvalue weighted by molar-refractivity contribution is 7.89. The van der Waals surface area contributed by atoms with Gasteiger partial charge >= 0.3 is 6.09 Å². The van der Waals surface area contributed by atoms with Crippen LogP contribution in [0.5, 0.6) is 0 Å². The molecule has 4 rings (SSSR count). The fraction of sp³-hybridized carbons (Fsp3) is 0.391. The minimum absolute atomic E-state index is 0.0231. The SMILES string of the molecule is CN(CC(=O)N1CCC(N2C(=O)OC[C@H]2c2ccccc2)CC1)S(=O)(=O)c1ccccc1. The number of benzene rings is 2. The minimum atomic E-state index is -3.73. The van der Waals surface area contributed by atoms with Crippen LogP contribution in [-0.2, 0) is 19.6 Å². The van der Waals surface area contributed by atoms with Gasteiger partial charge in [-0.3, -0.25) is 9.69 Å². The molecule has 0 aliphatic carbocycles. The zero-order valence-corrected chi connectivity index (χ0v) is 18.8. The van der Waals surface area contributed by atoms with E-state index in [1.807, 2.05) is 30.3 Å². The monoisotopic (exact) mass is 457 g/mol. The molecule has 2 fully saturated rings. The Hall–Kier alpha value is -2.91. The largest absolute Gasteiger partial charge is 0.447 e. The Bertz CT molecular complexity index is 1050. The fourth-order valence-electron chi connectivity index (χ4n) is 4.31. The molecule has 2 aromatic carbocycles. The summed E-state index contributed by atoms with van der Waals surface area (Å²) >= 11 is 0. The van der Waals surface area contributed by atoms with E-state index >= 15 is 0 Å². The number of likely N-dealkylation sites (tertiary alicyclic amines) is 1. The van der Waals surface area contributed by atoms with Gasteiger partial charge in [-0.05, 0) is 30.5 Å². The molecule has 9 heteroatoms. The van der Waals surface area contributed by atoms with E-state index in [9.17, 15) is 18.0 Å². The average molecular weight is 458 g/mol. The van der Waals surface area contributed by atoms with Gasteiger partial charge in [-0.25, -0.2) is 13.2 Å². The molecule has 2 amide bonds. The lowest BCUT2D eigenvalue weighted by Gasteiger charge is -2.38. The van der Waals surface area contributed by atoms with Crippen molar-refractivity contribution >= 4 is 22.0 Å². The van der Waals surface area contributed by atoms with E-state index in [0.717, 1.165) is 9.87 Å². The number of hydrogen-bond donors (Lipinski definition) is 0. The van der Waals surface area contributed by atoms with Crippen LogP contribution in [0.3, 0.4) is 0 Å². The van der Waals surface area contributed by atoms with Crippen molar-refractivity contribution in [2.45, 2.75) is 29.8 Å². The molecular formula is C23H27N3O5S. The molecule has 0 radical (unpaired) electrons. The highest BCUT2D eigenvalue weighted by Crippen LogP contribution is 2.33.